The molecule has 15 heavy (non-hydrogen) atoms. The molecule has 0 saturated carbocycles. The van der Waals surface area contributed by atoms with E-state index in [-0.39, 0.29) is 11.2 Å². The molecule has 0 unspecified atom stereocenters. The van der Waals surface area contributed by atoms with Gasteiger partial charge in [0.15, 0.2) is 0 Å². The Balaban J connectivity index is 4.75. The van der Waals surface area contributed by atoms with E-state index >= 15 is 0 Å². The van der Waals surface area contributed by atoms with E-state index in [1.807, 2.05) is 13.8 Å². The minimum Gasteiger partial charge on any atom is -0.384 e. The molecule has 5 heteroatoms. The Morgan fingerprint density at radius 1 is 1.20 bits per heavy atom. The van der Waals surface area contributed by atoms with Gasteiger partial charge >= 0.3 is 0 Å². The summed E-state index contributed by atoms with van der Waals surface area (Å²) in [6.45, 7) is 4.55. The zero-order chi connectivity index (χ0) is 11.9. The van der Waals surface area contributed by atoms with Gasteiger partial charge in [0.1, 0.15) is 0 Å². The van der Waals surface area contributed by atoms with Crippen LogP contribution in [0.2, 0.25) is 0 Å². The molecule has 0 aromatic heterocycles. The van der Waals surface area contributed by atoms with Crippen molar-refractivity contribution in [2.24, 2.45) is 10.6 Å². The molecule has 0 aromatic carbocycles. The summed E-state index contributed by atoms with van der Waals surface area (Å²) in [5.74, 6) is 0.0233. The number of primary sulfonamides is 1. The third-order valence-corrected chi connectivity index (χ3v) is 3.53. The maximum absolute atomic E-state index is 11.2. The molecule has 0 aliphatic carbocycles. The first-order valence-electron chi connectivity index (χ1n) is 5.38. The van der Waals surface area contributed by atoms with Crippen molar-refractivity contribution in [3.63, 3.8) is 0 Å². The second-order valence-corrected chi connectivity index (χ2v) is 5.85. The topological polar surface area (TPSA) is 69.4 Å². The SMILES string of the molecule is CCCC(CCC)(COC)CS(N)(=O)=O. The molecule has 0 aliphatic heterocycles. The zero-order valence-electron chi connectivity index (χ0n) is 9.95. The van der Waals surface area contributed by atoms with Gasteiger partial charge in [0, 0.05) is 12.5 Å². The fourth-order valence-corrected chi connectivity index (χ4v) is 3.47. The highest BCUT2D eigenvalue weighted by molar-refractivity contribution is 7.89. The van der Waals surface area contributed by atoms with Gasteiger partial charge in [-0.2, -0.15) is 0 Å². The van der Waals surface area contributed by atoms with Crippen LogP contribution in [-0.4, -0.2) is 27.9 Å². The van der Waals surface area contributed by atoms with Crippen LogP contribution >= 0.6 is 0 Å². The predicted octanol–water partition coefficient (Wildman–Crippen LogP) is 1.51. The largest absolute Gasteiger partial charge is 0.384 e. The number of methoxy groups -OCH3 is 1. The van der Waals surface area contributed by atoms with Crippen LogP contribution in [0.3, 0.4) is 0 Å². The van der Waals surface area contributed by atoms with E-state index < -0.39 is 10.0 Å². The molecular weight excluding hydrogens is 214 g/mol. The Hall–Kier alpha value is -0.130. The van der Waals surface area contributed by atoms with Gasteiger partial charge in [0.05, 0.1) is 12.4 Å². The molecule has 0 aliphatic rings. The summed E-state index contributed by atoms with van der Waals surface area (Å²) in [6.07, 6.45) is 3.56. The minimum absolute atomic E-state index is 0.0233. The van der Waals surface area contributed by atoms with Crippen LogP contribution in [0.1, 0.15) is 39.5 Å². The molecule has 0 aromatic rings. The molecule has 0 saturated heterocycles. The van der Waals surface area contributed by atoms with E-state index in [1.165, 1.54) is 0 Å². The van der Waals surface area contributed by atoms with Crippen molar-refractivity contribution in [1.82, 2.24) is 0 Å². The van der Waals surface area contributed by atoms with Crippen molar-refractivity contribution >= 4 is 10.0 Å². The zero-order valence-corrected chi connectivity index (χ0v) is 10.8. The lowest BCUT2D eigenvalue weighted by Gasteiger charge is -2.31. The molecule has 0 spiro atoms. The number of rotatable bonds is 8. The number of hydrogen-bond acceptors (Lipinski definition) is 3. The third kappa shape index (κ3) is 6.12. The molecule has 2 N–H and O–H groups in total. The van der Waals surface area contributed by atoms with E-state index in [0.717, 1.165) is 25.7 Å². The van der Waals surface area contributed by atoms with Gasteiger partial charge in [-0.3, -0.25) is 0 Å². The number of hydrogen-bond donors (Lipinski definition) is 1. The Kier molecular flexibility index (Phi) is 6.40. The number of sulfonamides is 1. The van der Waals surface area contributed by atoms with Gasteiger partial charge in [-0.1, -0.05) is 26.7 Å². The summed E-state index contributed by atoms with van der Waals surface area (Å²) in [7, 11) is -1.83. The van der Waals surface area contributed by atoms with Crippen molar-refractivity contribution in [3.8, 4) is 0 Å². The Bertz CT molecular complexity index is 245. The van der Waals surface area contributed by atoms with Crippen molar-refractivity contribution in [3.05, 3.63) is 0 Å². The van der Waals surface area contributed by atoms with Crippen molar-refractivity contribution in [2.45, 2.75) is 39.5 Å². The van der Waals surface area contributed by atoms with Crippen LogP contribution in [0.4, 0.5) is 0 Å². The van der Waals surface area contributed by atoms with Crippen LogP contribution in [0.5, 0.6) is 0 Å². The third-order valence-electron chi connectivity index (χ3n) is 2.52. The van der Waals surface area contributed by atoms with E-state index in [9.17, 15) is 8.42 Å². The van der Waals surface area contributed by atoms with Crippen molar-refractivity contribution in [2.75, 3.05) is 19.5 Å². The van der Waals surface area contributed by atoms with Crippen LogP contribution < -0.4 is 5.14 Å². The Labute approximate surface area is 93.2 Å². The molecule has 0 radical (unpaired) electrons. The van der Waals surface area contributed by atoms with Crippen LogP contribution in [0.15, 0.2) is 0 Å². The van der Waals surface area contributed by atoms with Crippen LogP contribution in [0.25, 0.3) is 0 Å². The van der Waals surface area contributed by atoms with E-state index in [0.29, 0.717) is 6.61 Å². The smallest absolute Gasteiger partial charge is 0.209 e. The first kappa shape index (κ1) is 14.9. The molecule has 4 nitrogen and oxygen atoms in total. The summed E-state index contributed by atoms with van der Waals surface area (Å²) in [4.78, 5) is 0. The van der Waals surface area contributed by atoms with Gasteiger partial charge in [-0.25, -0.2) is 13.6 Å². The molecule has 0 atom stereocenters. The van der Waals surface area contributed by atoms with Gasteiger partial charge < -0.3 is 4.74 Å². The Morgan fingerprint density at radius 3 is 1.93 bits per heavy atom. The predicted molar refractivity (Wildman–Crippen MR) is 62.1 cm³/mol. The average Bonchev–Trinajstić information content (AvgIpc) is 2.01. The lowest BCUT2D eigenvalue weighted by atomic mass is 9.82. The second-order valence-electron chi connectivity index (χ2n) is 4.24. The van der Waals surface area contributed by atoms with Gasteiger partial charge in [0.25, 0.3) is 0 Å². The fourth-order valence-electron chi connectivity index (χ4n) is 2.25. The maximum Gasteiger partial charge on any atom is 0.209 e. The normalized spacial score (nSPS) is 13.1. The first-order chi connectivity index (χ1) is 6.89. The summed E-state index contributed by atoms with van der Waals surface area (Å²) in [5, 5.41) is 5.13. The molecule has 0 amide bonds. The van der Waals surface area contributed by atoms with Crippen LogP contribution in [-0.2, 0) is 14.8 Å². The van der Waals surface area contributed by atoms with Crippen molar-refractivity contribution < 1.29 is 13.2 Å². The van der Waals surface area contributed by atoms with E-state index in [1.54, 1.807) is 7.11 Å². The average molecular weight is 237 g/mol. The van der Waals surface area contributed by atoms with Gasteiger partial charge in [-0.05, 0) is 12.8 Å². The molecule has 0 heterocycles. The summed E-state index contributed by atoms with van der Waals surface area (Å²) in [5.41, 5.74) is -0.300. The molecule has 0 fully saturated rings. The summed E-state index contributed by atoms with van der Waals surface area (Å²) >= 11 is 0. The molecular formula is C10H23NO3S. The molecule has 92 valence electrons. The van der Waals surface area contributed by atoms with Gasteiger partial charge in [-0.15, -0.1) is 0 Å². The first-order valence-corrected chi connectivity index (χ1v) is 7.10. The standard InChI is InChI=1S/C10H23NO3S/c1-4-6-10(7-5-2,8-14-3)9-15(11,12)13/h4-9H2,1-3H3,(H2,11,12,13). The summed E-state index contributed by atoms with van der Waals surface area (Å²) < 4.78 is 27.5. The van der Waals surface area contributed by atoms with Crippen LogP contribution in [0, 0.1) is 5.41 Å². The highest BCUT2D eigenvalue weighted by Crippen LogP contribution is 2.31. The molecule has 0 bridgehead atoms. The monoisotopic (exact) mass is 237 g/mol. The number of ether oxygens (including phenoxy) is 1. The highest BCUT2D eigenvalue weighted by atomic mass is 32.2. The minimum atomic E-state index is -3.43. The summed E-state index contributed by atoms with van der Waals surface area (Å²) in [6, 6.07) is 0. The van der Waals surface area contributed by atoms with E-state index in [2.05, 4.69) is 0 Å². The highest BCUT2D eigenvalue weighted by Gasteiger charge is 2.32. The van der Waals surface area contributed by atoms with Crippen molar-refractivity contribution in [1.29, 1.82) is 0 Å². The fraction of sp³-hybridized carbons (Fsp3) is 1.00. The number of nitrogens with two attached hydrogens (primary N) is 1. The quantitative estimate of drug-likeness (QED) is 0.695. The Morgan fingerprint density at radius 2 is 1.67 bits per heavy atom. The molecule has 0 rings (SSSR count). The lowest BCUT2D eigenvalue weighted by Crippen LogP contribution is -2.37. The van der Waals surface area contributed by atoms with E-state index in [4.69, 9.17) is 9.88 Å². The second kappa shape index (κ2) is 6.45. The lowest BCUT2D eigenvalue weighted by molar-refractivity contribution is 0.0796. The maximum atomic E-state index is 11.2. The van der Waals surface area contributed by atoms with Gasteiger partial charge in [0.2, 0.25) is 10.0 Å².